The lowest BCUT2D eigenvalue weighted by Crippen LogP contribution is -2.39. The van der Waals surface area contributed by atoms with Gasteiger partial charge in [-0.25, -0.2) is 9.78 Å². The Bertz CT molecular complexity index is 920. The predicted molar refractivity (Wildman–Crippen MR) is 110 cm³/mol. The molecule has 0 saturated heterocycles. The van der Waals surface area contributed by atoms with E-state index in [0.29, 0.717) is 19.6 Å². The topological polar surface area (TPSA) is 63.1 Å². The molecule has 3 rings (SSSR count). The van der Waals surface area contributed by atoms with Crippen molar-refractivity contribution in [3.05, 3.63) is 83.2 Å². The van der Waals surface area contributed by atoms with Crippen molar-refractivity contribution >= 4 is 6.03 Å². The number of rotatable bonds is 7. The van der Waals surface area contributed by atoms with Crippen molar-refractivity contribution < 1.29 is 4.79 Å². The smallest absolute Gasteiger partial charge is 0.318 e. The second-order valence-electron chi connectivity index (χ2n) is 6.95. The van der Waals surface area contributed by atoms with Crippen LogP contribution in [-0.4, -0.2) is 32.0 Å². The van der Waals surface area contributed by atoms with Crippen LogP contribution in [0.3, 0.4) is 0 Å². The standard InChI is InChI=1S/C22H27N5O/c1-4-24-22(28)27(14-19-7-9-23-10-8-19)16-21-25-11-12-26(21)15-20-13-17(2)5-6-18(20)3/h5-13H,4,14-16H2,1-3H3,(H,24,28). The SMILES string of the molecule is CCNC(=O)N(Cc1ccncc1)Cc1nccn1Cc1cc(C)ccc1C. The molecule has 6 heteroatoms. The van der Waals surface area contributed by atoms with E-state index < -0.39 is 0 Å². The first-order chi connectivity index (χ1) is 13.6. The van der Waals surface area contributed by atoms with E-state index in [-0.39, 0.29) is 6.03 Å². The molecule has 1 N–H and O–H groups in total. The highest BCUT2D eigenvalue weighted by molar-refractivity contribution is 5.74. The summed E-state index contributed by atoms with van der Waals surface area (Å²) in [4.78, 5) is 23.0. The highest BCUT2D eigenvalue weighted by atomic mass is 16.2. The number of amides is 2. The van der Waals surface area contributed by atoms with Gasteiger partial charge in [0.05, 0.1) is 6.54 Å². The molecule has 0 saturated carbocycles. The van der Waals surface area contributed by atoms with Gasteiger partial charge in [0, 0.05) is 44.4 Å². The van der Waals surface area contributed by atoms with E-state index in [1.54, 1.807) is 23.5 Å². The molecule has 1 aromatic carbocycles. The molecular formula is C22H27N5O. The van der Waals surface area contributed by atoms with Gasteiger partial charge in [-0.15, -0.1) is 0 Å². The van der Waals surface area contributed by atoms with Gasteiger partial charge in [0.1, 0.15) is 5.82 Å². The number of hydrogen-bond donors (Lipinski definition) is 1. The number of nitrogens with zero attached hydrogens (tertiary/aromatic N) is 4. The van der Waals surface area contributed by atoms with Crippen LogP contribution in [0.2, 0.25) is 0 Å². The number of urea groups is 1. The molecule has 28 heavy (non-hydrogen) atoms. The minimum atomic E-state index is -0.0967. The quantitative estimate of drug-likeness (QED) is 0.683. The zero-order valence-electron chi connectivity index (χ0n) is 16.7. The summed E-state index contributed by atoms with van der Waals surface area (Å²) >= 11 is 0. The Morgan fingerprint density at radius 3 is 2.64 bits per heavy atom. The number of carbonyl (C=O) groups excluding carboxylic acids is 1. The Labute approximate surface area is 166 Å². The van der Waals surface area contributed by atoms with Gasteiger partial charge in [0.15, 0.2) is 0 Å². The lowest BCUT2D eigenvalue weighted by molar-refractivity contribution is 0.190. The molecule has 2 heterocycles. The molecule has 146 valence electrons. The van der Waals surface area contributed by atoms with Gasteiger partial charge in [-0.05, 0) is 49.6 Å². The largest absolute Gasteiger partial charge is 0.338 e. The van der Waals surface area contributed by atoms with Crippen LogP contribution in [0.25, 0.3) is 0 Å². The minimum Gasteiger partial charge on any atom is -0.338 e. The summed E-state index contributed by atoms with van der Waals surface area (Å²) in [7, 11) is 0. The molecule has 0 spiro atoms. The highest BCUT2D eigenvalue weighted by Crippen LogP contribution is 2.15. The third-order valence-corrected chi connectivity index (χ3v) is 4.72. The van der Waals surface area contributed by atoms with E-state index in [9.17, 15) is 4.79 Å². The second kappa shape index (κ2) is 9.17. The van der Waals surface area contributed by atoms with Gasteiger partial charge in [-0.1, -0.05) is 23.8 Å². The average Bonchev–Trinajstić information content (AvgIpc) is 3.12. The van der Waals surface area contributed by atoms with Crippen molar-refractivity contribution in [2.24, 2.45) is 0 Å². The fourth-order valence-electron chi connectivity index (χ4n) is 3.13. The maximum atomic E-state index is 12.6. The Morgan fingerprint density at radius 2 is 1.89 bits per heavy atom. The van der Waals surface area contributed by atoms with Gasteiger partial charge in [0.25, 0.3) is 0 Å². The maximum absolute atomic E-state index is 12.6. The first-order valence-electron chi connectivity index (χ1n) is 9.54. The minimum absolute atomic E-state index is 0.0967. The summed E-state index contributed by atoms with van der Waals surface area (Å²) in [6.07, 6.45) is 7.25. The van der Waals surface area contributed by atoms with Crippen molar-refractivity contribution in [3.63, 3.8) is 0 Å². The summed E-state index contributed by atoms with van der Waals surface area (Å²) in [5.74, 6) is 0.862. The number of nitrogens with one attached hydrogen (secondary N) is 1. The fourth-order valence-corrected chi connectivity index (χ4v) is 3.13. The summed E-state index contributed by atoms with van der Waals surface area (Å²) in [5, 5.41) is 2.90. The normalized spacial score (nSPS) is 10.7. The van der Waals surface area contributed by atoms with Gasteiger partial charge in [-0.3, -0.25) is 4.98 Å². The zero-order chi connectivity index (χ0) is 19.9. The van der Waals surface area contributed by atoms with E-state index in [1.807, 2.05) is 25.3 Å². The summed E-state index contributed by atoms with van der Waals surface area (Å²) in [6.45, 7) is 8.41. The van der Waals surface area contributed by atoms with Crippen molar-refractivity contribution in [1.82, 2.24) is 24.8 Å². The molecule has 0 radical (unpaired) electrons. The van der Waals surface area contributed by atoms with Crippen LogP contribution in [0, 0.1) is 13.8 Å². The van der Waals surface area contributed by atoms with Gasteiger partial charge < -0.3 is 14.8 Å². The lowest BCUT2D eigenvalue weighted by Gasteiger charge is -2.23. The van der Waals surface area contributed by atoms with E-state index in [4.69, 9.17) is 0 Å². The molecule has 0 unspecified atom stereocenters. The maximum Gasteiger partial charge on any atom is 0.318 e. The number of benzene rings is 1. The third-order valence-electron chi connectivity index (χ3n) is 4.72. The van der Waals surface area contributed by atoms with Crippen LogP contribution in [0.15, 0.2) is 55.1 Å². The third kappa shape index (κ3) is 4.97. The summed E-state index contributed by atoms with van der Waals surface area (Å²) in [5.41, 5.74) is 4.79. The van der Waals surface area contributed by atoms with E-state index in [1.165, 1.54) is 16.7 Å². The molecule has 0 atom stereocenters. The van der Waals surface area contributed by atoms with Gasteiger partial charge >= 0.3 is 6.03 Å². The van der Waals surface area contributed by atoms with Gasteiger partial charge in [-0.2, -0.15) is 0 Å². The van der Waals surface area contributed by atoms with Crippen LogP contribution in [0.1, 0.15) is 35.0 Å². The lowest BCUT2D eigenvalue weighted by atomic mass is 10.1. The molecule has 0 fully saturated rings. The molecule has 0 aliphatic rings. The molecule has 3 aromatic rings. The van der Waals surface area contributed by atoms with Crippen molar-refractivity contribution in [3.8, 4) is 0 Å². The number of aromatic nitrogens is 3. The van der Waals surface area contributed by atoms with Crippen LogP contribution in [0.5, 0.6) is 0 Å². The number of carbonyl (C=O) groups is 1. The van der Waals surface area contributed by atoms with Crippen LogP contribution in [0.4, 0.5) is 4.79 Å². The van der Waals surface area contributed by atoms with Crippen molar-refractivity contribution in [2.75, 3.05) is 6.54 Å². The monoisotopic (exact) mass is 377 g/mol. The highest BCUT2D eigenvalue weighted by Gasteiger charge is 2.17. The number of imidazole rings is 1. The zero-order valence-corrected chi connectivity index (χ0v) is 16.7. The molecule has 0 bridgehead atoms. The van der Waals surface area contributed by atoms with E-state index in [0.717, 1.165) is 17.9 Å². The first-order valence-corrected chi connectivity index (χ1v) is 9.54. The summed E-state index contributed by atoms with van der Waals surface area (Å²) < 4.78 is 2.11. The number of hydrogen-bond acceptors (Lipinski definition) is 3. The van der Waals surface area contributed by atoms with E-state index >= 15 is 0 Å². The fraction of sp³-hybridized carbons (Fsp3) is 0.318. The molecule has 6 nitrogen and oxygen atoms in total. The molecule has 0 aliphatic heterocycles. The number of aryl methyl sites for hydroxylation is 2. The Kier molecular flexibility index (Phi) is 6.42. The van der Waals surface area contributed by atoms with Crippen LogP contribution < -0.4 is 5.32 Å². The molecular weight excluding hydrogens is 350 g/mol. The van der Waals surface area contributed by atoms with Gasteiger partial charge in [0.2, 0.25) is 0 Å². The Morgan fingerprint density at radius 1 is 1.11 bits per heavy atom. The second-order valence-corrected chi connectivity index (χ2v) is 6.95. The Hall–Kier alpha value is -3.15. The molecule has 2 aromatic heterocycles. The van der Waals surface area contributed by atoms with Crippen molar-refractivity contribution in [2.45, 2.75) is 40.4 Å². The van der Waals surface area contributed by atoms with E-state index in [2.05, 4.69) is 51.9 Å². The van der Waals surface area contributed by atoms with Crippen LogP contribution in [-0.2, 0) is 19.6 Å². The first kappa shape index (κ1) is 19.6. The van der Waals surface area contributed by atoms with Crippen LogP contribution >= 0.6 is 0 Å². The average molecular weight is 377 g/mol. The summed E-state index contributed by atoms with van der Waals surface area (Å²) in [6, 6.07) is 10.2. The number of pyridine rings is 1. The Balaban J connectivity index is 1.80. The van der Waals surface area contributed by atoms with Crippen molar-refractivity contribution in [1.29, 1.82) is 0 Å². The molecule has 2 amide bonds. The molecule has 0 aliphatic carbocycles. The predicted octanol–water partition coefficient (Wildman–Crippen LogP) is 3.67.